The summed E-state index contributed by atoms with van der Waals surface area (Å²) in [6.07, 6.45) is 0. The highest BCUT2D eigenvalue weighted by molar-refractivity contribution is 5.89. The predicted octanol–water partition coefficient (Wildman–Crippen LogP) is 0.748. The van der Waals surface area contributed by atoms with Crippen molar-refractivity contribution >= 4 is 17.9 Å². The van der Waals surface area contributed by atoms with Crippen LogP contribution in [0.2, 0.25) is 0 Å². The Labute approximate surface area is 119 Å². The van der Waals surface area contributed by atoms with Gasteiger partial charge in [0, 0.05) is 20.1 Å². The van der Waals surface area contributed by atoms with Crippen LogP contribution in [0.5, 0.6) is 0 Å². The van der Waals surface area contributed by atoms with Gasteiger partial charge in [-0.15, -0.1) is 0 Å². The minimum absolute atomic E-state index is 0.190. The van der Waals surface area contributed by atoms with Gasteiger partial charge in [-0.3, -0.25) is 4.79 Å². The number of hydrogen-bond donors (Lipinski definition) is 2. The lowest BCUT2D eigenvalue weighted by Gasteiger charge is -2.33. The van der Waals surface area contributed by atoms with E-state index in [0.717, 1.165) is 4.90 Å². The van der Waals surface area contributed by atoms with Gasteiger partial charge in [-0.1, -0.05) is 0 Å². The summed E-state index contributed by atoms with van der Waals surface area (Å²) >= 11 is 0. The minimum atomic E-state index is -1.35. The van der Waals surface area contributed by atoms with E-state index >= 15 is 0 Å². The molecule has 0 aliphatic heterocycles. The normalized spacial score (nSPS) is 12.5. The molecule has 20 heavy (non-hydrogen) atoms. The molecule has 0 fully saturated rings. The molecule has 0 saturated heterocycles. The SMILES string of the molecule is CCN(CC)C(=O)C(C)NC(=O)N(C)C(C)(C)C(=O)O. The molecule has 0 radical (unpaired) electrons. The Hall–Kier alpha value is -1.79. The Morgan fingerprint density at radius 1 is 1.20 bits per heavy atom. The monoisotopic (exact) mass is 287 g/mol. The summed E-state index contributed by atoms with van der Waals surface area (Å²) in [6, 6.07) is -1.29. The number of likely N-dealkylation sites (N-methyl/N-ethyl adjacent to an activating group) is 2. The van der Waals surface area contributed by atoms with Crippen LogP contribution < -0.4 is 5.32 Å². The highest BCUT2D eigenvalue weighted by Gasteiger charge is 2.36. The summed E-state index contributed by atoms with van der Waals surface area (Å²) in [4.78, 5) is 37.8. The van der Waals surface area contributed by atoms with Gasteiger partial charge in [0.1, 0.15) is 11.6 Å². The molecule has 0 aromatic rings. The lowest BCUT2D eigenvalue weighted by Crippen LogP contribution is -2.57. The molecule has 116 valence electrons. The molecule has 7 heteroatoms. The number of carboxylic acid groups (broad SMARTS) is 1. The number of urea groups is 1. The van der Waals surface area contributed by atoms with E-state index in [4.69, 9.17) is 5.11 Å². The van der Waals surface area contributed by atoms with Crippen molar-refractivity contribution in [2.75, 3.05) is 20.1 Å². The van der Waals surface area contributed by atoms with E-state index < -0.39 is 23.6 Å². The van der Waals surface area contributed by atoms with E-state index in [1.165, 1.54) is 20.9 Å². The van der Waals surface area contributed by atoms with Gasteiger partial charge in [0.2, 0.25) is 5.91 Å². The van der Waals surface area contributed by atoms with Crippen molar-refractivity contribution in [3.8, 4) is 0 Å². The minimum Gasteiger partial charge on any atom is -0.480 e. The van der Waals surface area contributed by atoms with Crippen LogP contribution in [0.1, 0.15) is 34.6 Å². The second kappa shape index (κ2) is 7.12. The van der Waals surface area contributed by atoms with E-state index in [2.05, 4.69) is 5.32 Å². The molecule has 0 aromatic heterocycles. The van der Waals surface area contributed by atoms with Crippen molar-refractivity contribution in [2.45, 2.75) is 46.2 Å². The van der Waals surface area contributed by atoms with Gasteiger partial charge in [0.15, 0.2) is 0 Å². The molecule has 0 aliphatic carbocycles. The largest absolute Gasteiger partial charge is 0.480 e. The second-order valence-electron chi connectivity index (χ2n) is 5.10. The maximum Gasteiger partial charge on any atom is 0.329 e. The number of nitrogens with one attached hydrogen (secondary N) is 1. The molecule has 0 saturated carbocycles. The molecule has 0 rings (SSSR count). The standard InChI is InChI=1S/C13H25N3O4/c1-7-16(8-2)10(17)9(3)14-12(20)15(6)13(4,5)11(18)19/h9H,7-8H2,1-6H3,(H,14,20)(H,18,19). The summed E-state index contributed by atoms with van der Waals surface area (Å²) in [5.41, 5.74) is -1.35. The molecule has 0 heterocycles. The first-order valence-corrected chi connectivity index (χ1v) is 6.66. The number of amides is 3. The molecule has 1 atom stereocenters. The molecular formula is C13H25N3O4. The van der Waals surface area contributed by atoms with E-state index in [0.29, 0.717) is 13.1 Å². The third-order valence-electron chi connectivity index (χ3n) is 3.45. The maximum absolute atomic E-state index is 12.0. The van der Waals surface area contributed by atoms with Crippen molar-refractivity contribution in [2.24, 2.45) is 0 Å². The first-order chi connectivity index (χ1) is 9.09. The average Bonchev–Trinajstić information content (AvgIpc) is 2.38. The van der Waals surface area contributed by atoms with Crippen LogP contribution in [0.3, 0.4) is 0 Å². The van der Waals surface area contributed by atoms with Crippen molar-refractivity contribution in [3.05, 3.63) is 0 Å². The zero-order chi connectivity index (χ0) is 16.1. The van der Waals surface area contributed by atoms with Crippen molar-refractivity contribution in [1.82, 2.24) is 15.1 Å². The molecule has 0 aromatic carbocycles. The topological polar surface area (TPSA) is 90.0 Å². The van der Waals surface area contributed by atoms with E-state index in [9.17, 15) is 14.4 Å². The Morgan fingerprint density at radius 3 is 2.00 bits per heavy atom. The number of rotatable bonds is 6. The Bertz CT molecular complexity index is 378. The molecule has 0 bridgehead atoms. The summed E-state index contributed by atoms with van der Waals surface area (Å²) in [5, 5.41) is 11.6. The fraction of sp³-hybridized carbons (Fsp3) is 0.769. The molecule has 0 spiro atoms. The van der Waals surface area contributed by atoms with Gasteiger partial charge < -0.3 is 20.2 Å². The van der Waals surface area contributed by atoms with Crippen molar-refractivity contribution in [3.63, 3.8) is 0 Å². The lowest BCUT2D eigenvalue weighted by molar-refractivity contribution is -0.146. The van der Waals surface area contributed by atoms with Gasteiger partial charge in [-0.05, 0) is 34.6 Å². The highest BCUT2D eigenvalue weighted by Crippen LogP contribution is 2.12. The van der Waals surface area contributed by atoms with E-state index in [-0.39, 0.29) is 5.91 Å². The Kier molecular flexibility index (Phi) is 6.48. The quantitative estimate of drug-likeness (QED) is 0.754. The Morgan fingerprint density at radius 2 is 1.65 bits per heavy atom. The van der Waals surface area contributed by atoms with Gasteiger partial charge in [-0.25, -0.2) is 9.59 Å². The smallest absolute Gasteiger partial charge is 0.329 e. The average molecular weight is 287 g/mol. The second-order valence-corrected chi connectivity index (χ2v) is 5.10. The summed E-state index contributed by atoms with van der Waals surface area (Å²) in [7, 11) is 1.39. The number of aliphatic carboxylic acids is 1. The van der Waals surface area contributed by atoms with Crippen LogP contribution in [0.25, 0.3) is 0 Å². The lowest BCUT2D eigenvalue weighted by atomic mass is 10.0. The first kappa shape index (κ1) is 18.2. The van der Waals surface area contributed by atoms with Crippen LogP contribution >= 0.6 is 0 Å². The molecular weight excluding hydrogens is 262 g/mol. The number of nitrogens with zero attached hydrogens (tertiary/aromatic N) is 2. The van der Waals surface area contributed by atoms with Gasteiger partial charge in [-0.2, -0.15) is 0 Å². The summed E-state index contributed by atoms with van der Waals surface area (Å²) < 4.78 is 0. The van der Waals surface area contributed by atoms with Crippen LogP contribution in [0.15, 0.2) is 0 Å². The summed E-state index contributed by atoms with van der Waals surface area (Å²) in [6.45, 7) is 9.26. The number of hydrogen-bond acceptors (Lipinski definition) is 3. The van der Waals surface area contributed by atoms with Crippen molar-refractivity contribution in [1.29, 1.82) is 0 Å². The number of carbonyl (C=O) groups excluding carboxylic acids is 2. The zero-order valence-corrected chi connectivity index (χ0v) is 13.1. The predicted molar refractivity (Wildman–Crippen MR) is 75.4 cm³/mol. The third kappa shape index (κ3) is 4.11. The van der Waals surface area contributed by atoms with Gasteiger partial charge in [0.25, 0.3) is 0 Å². The van der Waals surface area contributed by atoms with E-state index in [1.54, 1.807) is 11.8 Å². The Balaban J connectivity index is 4.76. The molecule has 2 N–H and O–H groups in total. The van der Waals surface area contributed by atoms with Gasteiger partial charge in [0.05, 0.1) is 0 Å². The van der Waals surface area contributed by atoms with Crippen LogP contribution in [0, 0.1) is 0 Å². The number of carbonyl (C=O) groups is 3. The zero-order valence-electron chi connectivity index (χ0n) is 13.1. The first-order valence-electron chi connectivity index (χ1n) is 6.66. The molecule has 7 nitrogen and oxygen atoms in total. The van der Waals surface area contributed by atoms with Crippen LogP contribution in [0.4, 0.5) is 4.79 Å². The fourth-order valence-corrected chi connectivity index (χ4v) is 1.55. The third-order valence-corrected chi connectivity index (χ3v) is 3.45. The fourth-order valence-electron chi connectivity index (χ4n) is 1.55. The highest BCUT2D eigenvalue weighted by atomic mass is 16.4. The molecule has 3 amide bonds. The number of carboxylic acids is 1. The van der Waals surface area contributed by atoms with Crippen LogP contribution in [-0.4, -0.2) is 64.5 Å². The summed E-state index contributed by atoms with van der Waals surface area (Å²) in [5.74, 6) is -1.30. The van der Waals surface area contributed by atoms with Crippen molar-refractivity contribution < 1.29 is 19.5 Å². The molecule has 1 unspecified atom stereocenters. The van der Waals surface area contributed by atoms with Gasteiger partial charge >= 0.3 is 12.0 Å². The maximum atomic E-state index is 12.0. The van der Waals surface area contributed by atoms with E-state index in [1.807, 2.05) is 13.8 Å². The molecule has 0 aliphatic rings. The van der Waals surface area contributed by atoms with Crippen LogP contribution in [-0.2, 0) is 9.59 Å².